The van der Waals surface area contributed by atoms with Gasteiger partial charge in [0, 0.05) is 28.7 Å². The van der Waals surface area contributed by atoms with Crippen molar-refractivity contribution in [1.82, 2.24) is 4.57 Å². The zero-order chi connectivity index (χ0) is 20.4. The first-order valence-corrected chi connectivity index (χ1v) is 9.45. The highest BCUT2D eigenvalue weighted by molar-refractivity contribution is 6.42. The van der Waals surface area contributed by atoms with Crippen LogP contribution in [0.5, 0.6) is 0 Å². The van der Waals surface area contributed by atoms with E-state index >= 15 is 0 Å². The molecule has 0 amide bonds. The lowest BCUT2D eigenvalue weighted by Crippen LogP contribution is -2.15. The van der Waals surface area contributed by atoms with Crippen LogP contribution in [0.4, 0.5) is 0 Å². The van der Waals surface area contributed by atoms with Gasteiger partial charge in [0.25, 0.3) is 5.78 Å². The molecule has 29 heavy (non-hydrogen) atoms. The van der Waals surface area contributed by atoms with E-state index in [-0.39, 0.29) is 0 Å². The van der Waals surface area contributed by atoms with Crippen LogP contribution in [0.1, 0.15) is 21.6 Å². The molecule has 0 bridgehead atoms. The summed E-state index contributed by atoms with van der Waals surface area (Å²) in [5.41, 5.74) is 5.83. The SMILES string of the molecule is COC(=O)C(=O)c1cccc2c1cc(C)n2Cc1ccccc1-c1ccccc1. The molecule has 4 nitrogen and oxygen atoms in total. The van der Waals surface area contributed by atoms with Gasteiger partial charge in [-0.25, -0.2) is 4.79 Å². The first-order valence-electron chi connectivity index (χ1n) is 9.45. The maximum atomic E-state index is 12.4. The van der Waals surface area contributed by atoms with Crippen molar-refractivity contribution in [1.29, 1.82) is 0 Å². The van der Waals surface area contributed by atoms with Gasteiger partial charge in [-0.1, -0.05) is 66.7 Å². The van der Waals surface area contributed by atoms with Crippen LogP contribution in [0.2, 0.25) is 0 Å². The number of rotatable bonds is 5. The highest BCUT2D eigenvalue weighted by Crippen LogP contribution is 2.28. The Kier molecular flexibility index (Phi) is 5.00. The van der Waals surface area contributed by atoms with E-state index in [2.05, 4.69) is 33.6 Å². The molecule has 4 rings (SSSR count). The number of aryl methyl sites for hydroxylation is 1. The molecule has 1 aromatic heterocycles. The van der Waals surface area contributed by atoms with Gasteiger partial charge in [0.2, 0.25) is 0 Å². The maximum absolute atomic E-state index is 12.4. The number of aromatic nitrogens is 1. The van der Waals surface area contributed by atoms with Gasteiger partial charge in [-0.2, -0.15) is 0 Å². The van der Waals surface area contributed by atoms with Crippen molar-refractivity contribution in [2.45, 2.75) is 13.5 Å². The smallest absolute Gasteiger partial charge is 0.379 e. The number of hydrogen-bond donors (Lipinski definition) is 0. The van der Waals surface area contributed by atoms with Crippen molar-refractivity contribution < 1.29 is 14.3 Å². The van der Waals surface area contributed by atoms with E-state index in [0.717, 1.165) is 16.6 Å². The summed E-state index contributed by atoms with van der Waals surface area (Å²) in [5.74, 6) is -1.47. The highest BCUT2D eigenvalue weighted by Gasteiger charge is 2.21. The number of ketones is 1. The second-order valence-electron chi connectivity index (χ2n) is 6.95. The van der Waals surface area contributed by atoms with Crippen molar-refractivity contribution >= 4 is 22.7 Å². The third-order valence-corrected chi connectivity index (χ3v) is 5.20. The molecule has 0 aliphatic heterocycles. The summed E-state index contributed by atoms with van der Waals surface area (Å²) in [7, 11) is 1.22. The molecule has 144 valence electrons. The van der Waals surface area contributed by atoms with Gasteiger partial charge in [0.1, 0.15) is 0 Å². The summed E-state index contributed by atoms with van der Waals surface area (Å²) in [6.07, 6.45) is 0. The van der Waals surface area contributed by atoms with E-state index in [1.807, 2.05) is 49.4 Å². The molecule has 0 aliphatic carbocycles. The number of hydrogen-bond acceptors (Lipinski definition) is 3. The van der Waals surface area contributed by atoms with Crippen LogP contribution in [0, 0.1) is 6.92 Å². The van der Waals surface area contributed by atoms with Crippen molar-refractivity contribution in [3.05, 3.63) is 95.7 Å². The normalized spacial score (nSPS) is 10.8. The van der Waals surface area contributed by atoms with Crippen molar-refractivity contribution in [2.75, 3.05) is 7.11 Å². The zero-order valence-electron chi connectivity index (χ0n) is 16.4. The summed E-state index contributed by atoms with van der Waals surface area (Å²) in [6.45, 7) is 2.67. The lowest BCUT2D eigenvalue weighted by Gasteiger charge is -2.13. The standard InChI is InChI=1S/C25H21NO3/c1-17-15-22-21(24(27)25(28)29-2)13-8-14-23(22)26(17)16-19-11-6-7-12-20(19)18-9-4-3-5-10-18/h3-15H,16H2,1-2H3. The van der Waals surface area contributed by atoms with E-state index < -0.39 is 11.8 Å². The van der Waals surface area contributed by atoms with Gasteiger partial charge in [0.05, 0.1) is 7.11 Å². The minimum atomic E-state index is -0.850. The third kappa shape index (κ3) is 3.45. The molecule has 0 unspecified atom stereocenters. The zero-order valence-corrected chi connectivity index (χ0v) is 16.4. The molecular formula is C25H21NO3. The summed E-state index contributed by atoms with van der Waals surface area (Å²) >= 11 is 0. The van der Waals surface area contributed by atoms with Crippen molar-refractivity contribution in [3.63, 3.8) is 0 Å². The number of carbonyl (C=O) groups excluding carboxylic acids is 2. The Balaban J connectivity index is 1.81. The Hall–Kier alpha value is -3.66. The third-order valence-electron chi connectivity index (χ3n) is 5.20. The van der Waals surface area contributed by atoms with Crippen LogP contribution in [0.15, 0.2) is 78.9 Å². The first kappa shape index (κ1) is 18.7. The monoisotopic (exact) mass is 383 g/mol. The Morgan fingerprint density at radius 3 is 2.38 bits per heavy atom. The molecular weight excluding hydrogens is 362 g/mol. The lowest BCUT2D eigenvalue weighted by molar-refractivity contribution is -0.135. The molecule has 0 fully saturated rings. The summed E-state index contributed by atoms with van der Waals surface area (Å²) in [5, 5.41) is 0.762. The number of esters is 1. The minimum absolute atomic E-state index is 0.368. The number of Topliss-reactive ketones (excluding diaryl/α,β-unsaturated/α-hetero) is 1. The Bertz CT molecular complexity index is 1210. The maximum Gasteiger partial charge on any atom is 0.379 e. The number of nitrogens with zero attached hydrogens (tertiary/aromatic N) is 1. The largest absolute Gasteiger partial charge is 0.463 e. The molecule has 0 N–H and O–H groups in total. The quantitative estimate of drug-likeness (QED) is 0.276. The van der Waals surface area contributed by atoms with Gasteiger partial charge in [-0.3, -0.25) is 4.79 Å². The fraction of sp³-hybridized carbons (Fsp3) is 0.120. The van der Waals surface area contributed by atoms with Crippen LogP contribution in [-0.4, -0.2) is 23.4 Å². The highest BCUT2D eigenvalue weighted by atomic mass is 16.5. The van der Waals surface area contributed by atoms with Crippen LogP contribution in [0.25, 0.3) is 22.0 Å². The topological polar surface area (TPSA) is 48.3 Å². The molecule has 0 radical (unpaired) electrons. The van der Waals surface area contributed by atoms with Crippen LogP contribution >= 0.6 is 0 Å². The van der Waals surface area contributed by atoms with Gasteiger partial charge >= 0.3 is 5.97 Å². The number of benzene rings is 3. The average Bonchev–Trinajstić information content (AvgIpc) is 3.09. The van der Waals surface area contributed by atoms with Gasteiger partial charge in [-0.15, -0.1) is 0 Å². The van der Waals surface area contributed by atoms with Gasteiger partial charge < -0.3 is 9.30 Å². The van der Waals surface area contributed by atoms with Gasteiger partial charge in [-0.05, 0) is 35.7 Å². The first-order chi connectivity index (χ1) is 14.1. The number of methoxy groups -OCH3 is 1. The summed E-state index contributed by atoms with van der Waals surface area (Å²) in [6, 6.07) is 26.0. The predicted molar refractivity (Wildman–Crippen MR) is 114 cm³/mol. The van der Waals surface area contributed by atoms with E-state index in [9.17, 15) is 9.59 Å². The molecule has 0 aliphatic rings. The van der Waals surface area contributed by atoms with Gasteiger partial charge in [0.15, 0.2) is 0 Å². The molecule has 3 aromatic carbocycles. The molecule has 0 saturated heterocycles. The average molecular weight is 383 g/mol. The van der Waals surface area contributed by atoms with E-state index in [1.165, 1.54) is 23.8 Å². The fourth-order valence-corrected chi connectivity index (χ4v) is 3.76. The van der Waals surface area contributed by atoms with E-state index in [1.54, 1.807) is 12.1 Å². The second kappa shape index (κ2) is 7.76. The minimum Gasteiger partial charge on any atom is -0.463 e. The Morgan fingerprint density at radius 1 is 0.897 bits per heavy atom. The van der Waals surface area contributed by atoms with Crippen LogP contribution < -0.4 is 0 Å². The van der Waals surface area contributed by atoms with Crippen molar-refractivity contribution in [2.24, 2.45) is 0 Å². The predicted octanol–water partition coefficient (Wildman–Crippen LogP) is 5.02. The lowest BCUT2D eigenvalue weighted by atomic mass is 9.99. The van der Waals surface area contributed by atoms with E-state index in [0.29, 0.717) is 12.1 Å². The molecule has 4 heteroatoms. The number of ether oxygens (including phenoxy) is 1. The fourth-order valence-electron chi connectivity index (χ4n) is 3.76. The molecule has 1 heterocycles. The number of carbonyl (C=O) groups is 2. The Labute approximate surface area is 169 Å². The Morgan fingerprint density at radius 2 is 1.62 bits per heavy atom. The van der Waals surface area contributed by atoms with Crippen LogP contribution in [0.3, 0.4) is 0 Å². The molecule has 0 saturated carbocycles. The second-order valence-corrected chi connectivity index (χ2v) is 6.95. The number of fused-ring (bicyclic) bond motifs is 1. The summed E-state index contributed by atoms with van der Waals surface area (Å²) < 4.78 is 6.79. The molecule has 4 aromatic rings. The van der Waals surface area contributed by atoms with Crippen LogP contribution in [-0.2, 0) is 16.1 Å². The van der Waals surface area contributed by atoms with Crippen molar-refractivity contribution in [3.8, 4) is 11.1 Å². The summed E-state index contributed by atoms with van der Waals surface area (Å²) in [4.78, 5) is 24.2. The molecule has 0 spiro atoms. The van der Waals surface area contributed by atoms with E-state index in [4.69, 9.17) is 0 Å². The molecule has 0 atom stereocenters.